The van der Waals surface area contributed by atoms with Gasteiger partial charge in [0, 0.05) is 5.56 Å². The Kier molecular flexibility index (Phi) is 4.06. The third-order valence-electron chi connectivity index (χ3n) is 1.96. The molecule has 0 radical (unpaired) electrons. The van der Waals surface area contributed by atoms with Crippen LogP contribution < -0.4 is 0 Å². The van der Waals surface area contributed by atoms with Crippen LogP contribution in [-0.2, 0) is 16.1 Å². The van der Waals surface area contributed by atoms with Crippen LogP contribution in [-0.4, -0.2) is 0 Å². The molecule has 0 unspecified atom stereocenters. The van der Waals surface area contributed by atoms with E-state index >= 15 is 0 Å². The minimum absolute atomic E-state index is 0.176. The second-order valence-electron chi connectivity index (χ2n) is 3.25. The Hall–Kier alpha value is -0.330. The van der Waals surface area contributed by atoms with Crippen molar-refractivity contribution < 1.29 is 26.3 Å². The summed E-state index contributed by atoms with van der Waals surface area (Å²) in [7, 11) is 0. The third kappa shape index (κ3) is 3.59. The normalized spacial score (nSPS) is 13.8. The summed E-state index contributed by atoms with van der Waals surface area (Å²) in [5, 5.41) is 0. The lowest BCUT2D eigenvalue weighted by atomic mass is 10.0. The van der Waals surface area contributed by atoms with Gasteiger partial charge < -0.3 is 0 Å². The first kappa shape index (κ1) is 15.7. The smallest absolute Gasteiger partial charge is 0.166 e. The molecule has 0 nitrogen and oxygen atoms in total. The summed E-state index contributed by atoms with van der Waals surface area (Å²) in [6.45, 7) is 0. The molecule has 0 saturated carbocycles. The van der Waals surface area contributed by atoms with E-state index in [4.69, 9.17) is 34.8 Å². The highest BCUT2D eigenvalue weighted by Gasteiger charge is 2.44. The lowest BCUT2D eigenvalue weighted by Gasteiger charge is -2.19. The van der Waals surface area contributed by atoms with Crippen molar-refractivity contribution in [1.29, 1.82) is 0 Å². The summed E-state index contributed by atoms with van der Waals surface area (Å²) >= 11 is 16.0. The molecular weight excluding hydrogens is 328 g/mol. The van der Waals surface area contributed by atoms with Crippen LogP contribution in [0.3, 0.4) is 0 Å². The summed E-state index contributed by atoms with van der Waals surface area (Å²) in [4.78, 5) is 0. The van der Waals surface area contributed by atoms with E-state index in [2.05, 4.69) is 0 Å². The number of benzene rings is 1. The first-order valence-corrected chi connectivity index (χ1v) is 5.32. The summed E-state index contributed by atoms with van der Waals surface area (Å²) < 4.78 is 72.5. The third-order valence-corrected chi connectivity index (χ3v) is 2.61. The molecule has 0 aliphatic heterocycles. The molecule has 0 aliphatic rings. The Labute approximate surface area is 112 Å². The van der Waals surface area contributed by atoms with Gasteiger partial charge in [-0.1, -0.05) is 40.9 Å². The van der Waals surface area contributed by atoms with Crippen molar-refractivity contribution >= 4 is 34.8 Å². The molecule has 0 N–H and O–H groups in total. The molecule has 0 atom stereocenters. The zero-order chi connectivity index (χ0) is 14.4. The topological polar surface area (TPSA) is 0 Å². The molecule has 0 spiro atoms. The van der Waals surface area contributed by atoms with Crippen molar-refractivity contribution in [2.24, 2.45) is 0 Å². The maximum atomic E-state index is 12.5. The van der Waals surface area contributed by atoms with Crippen LogP contribution in [0.5, 0.6) is 0 Å². The Morgan fingerprint density at radius 2 is 1.17 bits per heavy atom. The standard InChI is InChI=1S/C9H3Cl3F6/c10-7(11,12)4-1-2-5(8(13,14)15)6(3-4)9(16,17)18/h1-3H. The van der Waals surface area contributed by atoms with E-state index in [1.54, 1.807) is 0 Å². The summed E-state index contributed by atoms with van der Waals surface area (Å²) in [5.74, 6) is 0. The zero-order valence-electron chi connectivity index (χ0n) is 8.13. The van der Waals surface area contributed by atoms with Gasteiger partial charge in [0.05, 0.1) is 11.1 Å². The molecule has 0 saturated heterocycles. The lowest BCUT2D eigenvalue weighted by molar-refractivity contribution is -0.162. The molecule has 0 amide bonds. The number of hydrogen-bond donors (Lipinski definition) is 0. The van der Waals surface area contributed by atoms with Crippen LogP contribution in [0.1, 0.15) is 16.7 Å². The van der Waals surface area contributed by atoms with Gasteiger partial charge >= 0.3 is 12.4 Å². The summed E-state index contributed by atoms with van der Waals surface area (Å²) in [6, 6.07) is 1.10. The molecule has 9 heteroatoms. The quantitative estimate of drug-likeness (QED) is 0.432. The fourth-order valence-electron chi connectivity index (χ4n) is 1.20. The maximum absolute atomic E-state index is 12.5. The van der Waals surface area contributed by atoms with Crippen molar-refractivity contribution in [1.82, 2.24) is 0 Å². The highest BCUT2D eigenvalue weighted by molar-refractivity contribution is 6.66. The molecule has 1 aromatic rings. The SMILES string of the molecule is FC(F)(F)c1ccc(C(Cl)(Cl)Cl)cc1C(F)(F)F. The molecule has 0 aliphatic carbocycles. The first-order chi connectivity index (χ1) is 7.83. The monoisotopic (exact) mass is 330 g/mol. The fourth-order valence-corrected chi connectivity index (χ4v) is 1.55. The summed E-state index contributed by atoms with van der Waals surface area (Å²) in [5.41, 5.74) is -4.21. The molecule has 1 aromatic carbocycles. The van der Waals surface area contributed by atoms with E-state index in [0.717, 1.165) is 0 Å². The average Bonchev–Trinajstić information content (AvgIpc) is 2.12. The zero-order valence-corrected chi connectivity index (χ0v) is 10.4. The molecule has 0 fully saturated rings. The second kappa shape index (κ2) is 4.65. The summed E-state index contributed by atoms with van der Waals surface area (Å²) in [6.07, 6.45) is -10.3. The highest BCUT2D eigenvalue weighted by atomic mass is 35.6. The molecule has 18 heavy (non-hydrogen) atoms. The minimum Gasteiger partial charge on any atom is -0.166 e. The molecule has 0 aromatic heterocycles. The first-order valence-electron chi connectivity index (χ1n) is 4.19. The second-order valence-corrected chi connectivity index (χ2v) is 5.53. The predicted molar refractivity (Wildman–Crippen MR) is 55.7 cm³/mol. The van der Waals surface area contributed by atoms with Crippen LogP contribution in [0.25, 0.3) is 0 Å². The Bertz CT molecular complexity index is 443. The number of rotatable bonds is 0. The van der Waals surface area contributed by atoms with E-state index in [1.807, 2.05) is 0 Å². The van der Waals surface area contributed by atoms with Crippen molar-refractivity contribution in [2.75, 3.05) is 0 Å². The van der Waals surface area contributed by atoms with E-state index in [1.165, 1.54) is 0 Å². The van der Waals surface area contributed by atoms with Gasteiger partial charge in [0.1, 0.15) is 0 Å². The van der Waals surface area contributed by atoms with Crippen LogP contribution in [0.4, 0.5) is 26.3 Å². The minimum atomic E-state index is -5.20. The van der Waals surface area contributed by atoms with Crippen LogP contribution in [0, 0.1) is 0 Å². The van der Waals surface area contributed by atoms with Gasteiger partial charge in [0.15, 0.2) is 0 Å². The Morgan fingerprint density at radius 3 is 1.50 bits per heavy atom. The molecule has 0 bridgehead atoms. The van der Waals surface area contributed by atoms with Crippen LogP contribution in [0.15, 0.2) is 18.2 Å². The highest BCUT2D eigenvalue weighted by Crippen LogP contribution is 2.45. The number of alkyl halides is 9. The van der Waals surface area contributed by atoms with E-state index in [9.17, 15) is 26.3 Å². The van der Waals surface area contributed by atoms with Crippen molar-refractivity contribution in [3.63, 3.8) is 0 Å². The van der Waals surface area contributed by atoms with E-state index < -0.39 is 32.8 Å². The van der Waals surface area contributed by atoms with Gasteiger partial charge in [-0.2, -0.15) is 26.3 Å². The number of hydrogen-bond acceptors (Lipinski definition) is 0. The maximum Gasteiger partial charge on any atom is 0.417 e. The molecule has 102 valence electrons. The van der Waals surface area contributed by atoms with Gasteiger partial charge in [-0.3, -0.25) is 0 Å². The Morgan fingerprint density at radius 1 is 0.722 bits per heavy atom. The fraction of sp³-hybridized carbons (Fsp3) is 0.333. The average molecular weight is 331 g/mol. The van der Waals surface area contributed by atoms with E-state index in [-0.39, 0.29) is 12.1 Å². The van der Waals surface area contributed by atoms with Gasteiger partial charge in [-0.05, 0) is 12.1 Å². The lowest BCUT2D eigenvalue weighted by Crippen LogP contribution is -2.18. The van der Waals surface area contributed by atoms with Crippen LogP contribution >= 0.6 is 34.8 Å². The van der Waals surface area contributed by atoms with Gasteiger partial charge in [-0.25, -0.2) is 0 Å². The van der Waals surface area contributed by atoms with Crippen molar-refractivity contribution in [3.05, 3.63) is 34.9 Å². The molecule has 0 heterocycles. The van der Waals surface area contributed by atoms with Crippen molar-refractivity contribution in [2.45, 2.75) is 16.1 Å². The van der Waals surface area contributed by atoms with E-state index in [0.29, 0.717) is 6.07 Å². The van der Waals surface area contributed by atoms with Gasteiger partial charge in [-0.15, -0.1) is 0 Å². The molecular formula is C9H3Cl3F6. The molecule has 1 rings (SSSR count). The largest absolute Gasteiger partial charge is 0.417 e. The Balaban J connectivity index is 3.50. The number of halogens is 9. The van der Waals surface area contributed by atoms with Crippen LogP contribution in [0.2, 0.25) is 0 Å². The van der Waals surface area contributed by atoms with Crippen molar-refractivity contribution in [3.8, 4) is 0 Å². The predicted octanol–water partition coefficient (Wildman–Crippen LogP) is 5.55. The van der Waals surface area contributed by atoms with Gasteiger partial charge in [0.2, 0.25) is 3.79 Å². The van der Waals surface area contributed by atoms with Gasteiger partial charge in [0.25, 0.3) is 0 Å².